The molecule has 7 nitrogen and oxygen atoms in total. The fourth-order valence-electron chi connectivity index (χ4n) is 5.81. The van der Waals surface area contributed by atoms with Crippen LogP contribution in [0.4, 0.5) is 0 Å². The van der Waals surface area contributed by atoms with Crippen molar-refractivity contribution < 1.29 is 19.1 Å². The highest BCUT2D eigenvalue weighted by Gasteiger charge is 2.48. The number of amides is 2. The number of ketones is 1. The van der Waals surface area contributed by atoms with Crippen LogP contribution in [0.2, 0.25) is 0 Å². The maximum absolute atomic E-state index is 13.5. The van der Waals surface area contributed by atoms with E-state index in [4.69, 9.17) is 4.74 Å². The highest BCUT2D eigenvalue weighted by molar-refractivity contribution is 5.99. The summed E-state index contributed by atoms with van der Waals surface area (Å²) in [5, 5.41) is 2.99. The van der Waals surface area contributed by atoms with Gasteiger partial charge >= 0.3 is 0 Å². The summed E-state index contributed by atoms with van der Waals surface area (Å²) >= 11 is 0. The van der Waals surface area contributed by atoms with Crippen LogP contribution in [0.1, 0.15) is 81.6 Å². The van der Waals surface area contributed by atoms with Crippen LogP contribution in [0, 0.1) is 5.41 Å². The van der Waals surface area contributed by atoms with E-state index in [1.807, 2.05) is 12.1 Å². The van der Waals surface area contributed by atoms with Gasteiger partial charge in [-0.25, -0.2) is 0 Å². The third-order valence-corrected chi connectivity index (χ3v) is 7.59. The number of benzene rings is 1. The van der Waals surface area contributed by atoms with Gasteiger partial charge in [-0.1, -0.05) is 39.8 Å². The molecule has 35 heavy (non-hydrogen) atoms. The number of rotatable bonds is 7. The molecule has 4 rings (SSSR count). The number of Topliss-reactive ketones (excluding diaryl/α,β-unsaturated/α-hetero) is 1. The molecule has 7 heteroatoms. The summed E-state index contributed by atoms with van der Waals surface area (Å²) < 4.78 is 5.55. The molecule has 2 amide bonds. The van der Waals surface area contributed by atoms with E-state index in [9.17, 15) is 14.4 Å². The van der Waals surface area contributed by atoms with Crippen molar-refractivity contribution in [2.45, 2.75) is 83.9 Å². The van der Waals surface area contributed by atoms with Gasteiger partial charge in [-0.2, -0.15) is 0 Å². The minimum atomic E-state index is -0.683. The maximum atomic E-state index is 13.5. The van der Waals surface area contributed by atoms with Crippen molar-refractivity contribution in [2.24, 2.45) is 5.41 Å². The molecule has 0 bridgehead atoms. The average molecular weight is 484 g/mol. The fourth-order valence-corrected chi connectivity index (χ4v) is 5.81. The summed E-state index contributed by atoms with van der Waals surface area (Å²) in [6.45, 7) is 12.4. The van der Waals surface area contributed by atoms with Gasteiger partial charge in [-0.15, -0.1) is 0 Å². The van der Waals surface area contributed by atoms with Gasteiger partial charge in [0.05, 0.1) is 6.10 Å². The van der Waals surface area contributed by atoms with E-state index < -0.39 is 12.1 Å². The first-order valence-corrected chi connectivity index (χ1v) is 13.2. The van der Waals surface area contributed by atoms with Crippen molar-refractivity contribution in [2.75, 3.05) is 32.8 Å². The predicted octanol–water partition coefficient (Wildman–Crippen LogP) is 3.38. The molecule has 3 atom stereocenters. The number of ether oxygens (including phenoxy) is 1. The monoisotopic (exact) mass is 483 g/mol. The third-order valence-electron chi connectivity index (χ3n) is 7.59. The van der Waals surface area contributed by atoms with Crippen molar-refractivity contribution in [1.82, 2.24) is 15.1 Å². The molecule has 3 saturated heterocycles. The number of fused-ring (bicyclic) bond motifs is 1. The van der Waals surface area contributed by atoms with E-state index in [1.165, 1.54) is 18.5 Å². The molecule has 0 aliphatic carbocycles. The Bertz CT molecular complexity index is 915. The topological polar surface area (TPSA) is 79.0 Å². The van der Waals surface area contributed by atoms with Gasteiger partial charge in [0.2, 0.25) is 5.91 Å². The lowest BCUT2D eigenvalue weighted by molar-refractivity contribution is -0.138. The molecule has 0 spiro atoms. The quantitative estimate of drug-likeness (QED) is 0.643. The molecule has 0 aromatic heterocycles. The number of carbonyl (C=O) groups excluding carboxylic acids is 3. The number of nitrogens with one attached hydrogen (secondary N) is 1. The molecule has 1 aromatic rings. The van der Waals surface area contributed by atoms with Gasteiger partial charge in [0, 0.05) is 12.1 Å². The molecule has 3 aliphatic rings. The lowest BCUT2D eigenvalue weighted by Crippen LogP contribution is -2.53. The Morgan fingerprint density at radius 2 is 1.77 bits per heavy atom. The van der Waals surface area contributed by atoms with Gasteiger partial charge < -0.3 is 19.9 Å². The zero-order valence-electron chi connectivity index (χ0n) is 21.7. The molecule has 3 aliphatic heterocycles. The van der Waals surface area contributed by atoms with Crippen LogP contribution in [0.3, 0.4) is 0 Å². The first kappa shape index (κ1) is 25.8. The summed E-state index contributed by atoms with van der Waals surface area (Å²) in [6.07, 6.45) is 4.43. The van der Waals surface area contributed by atoms with Gasteiger partial charge in [-0.05, 0) is 80.8 Å². The summed E-state index contributed by atoms with van der Waals surface area (Å²) in [6, 6.07) is 6.69. The minimum absolute atomic E-state index is 0.0437. The number of piperidine rings is 1. The van der Waals surface area contributed by atoms with E-state index in [1.54, 1.807) is 4.90 Å². The average Bonchev–Trinajstić information content (AvgIpc) is 3.41. The lowest BCUT2D eigenvalue weighted by Gasteiger charge is -2.32. The van der Waals surface area contributed by atoms with E-state index in [-0.39, 0.29) is 35.7 Å². The normalized spacial score (nSPS) is 24.5. The summed E-state index contributed by atoms with van der Waals surface area (Å²) in [7, 11) is 0. The van der Waals surface area contributed by atoms with E-state index >= 15 is 0 Å². The van der Waals surface area contributed by atoms with Crippen LogP contribution in [-0.2, 0) is 14.3 Å². The Labute approximate surface area is 209 Å². The van der Waals surface area contributed by atoms with Crippen LogP contribution < -0.4 is 5.32 Å². The third kappa shape index (κ3) is 6.12. The fraction of sp³-hybridized carbons (Fsp3) is 0.679. The molecule has 1 unspecified atom stereocenters. The Balaban J connectivity index is 1.41. The van der Waals surface area contributed by atoms with Crippen LogP contribution in [0.25, 0.3) is 0 Å². The number of nitrogens with zero attached hydrogens (tertiary/aromatic N) is 2. The molecule has 0 saturated carbocycles. The summed E-state index contributed by atoms with van der Waals surface area (Å²) in [5.41, 5.74) is 1.67. The molecular weight excluding hydrogens is 442 g/mol. The second-order valence-corrected chi connectivity index (χ2v) is 11.6. The Kier molecular flexibility index (Phi) is 7.96. The van der Waals surface area contributed by atoms with E-state index in [2.05, 4.69) is 50.0 Å². The van der Waals surface area contributed by atoms with Crippen LogP contribution in [-0.4, -0.2) is 78.4 Å². The van der Waals surface area contributed by atoms with E-state index in [0.29, 0.717) is 30.9 Å². The van der Waals surface area contributed by atoms with Crippen LogP contribution in [0.15, 0.2) is 24.3 Å². The first-order chi connectivity index (χ1) is 16.7. The SMILES string of the molecule is CCCN1CCC(c2ccc(C(=O)NC(CC(C)(C)C)C(=O)N3CC[C@H]4OCC(=O)[C@H]43)cc2)CC1. The maximum Gasteiger partial charge on any atom is 0.251 e. The molecule has 3 heterocycles. The molecule has 1 N–H and O–H groups in total. The molecule has 3 fully saturated rings. The Hall–Kier alpha value is -2.25. The molecule has 0 radical (unpaired) electrons. The van der Waals surface area contributed by atoms with Crippen molar-refractivity contribution in [3.05, 3.63) is 35.4 Å². The lowest BCUT2D eigenvalue weighted by atomic mass is 9.87. The van der Waals surface area contributed by atoms with Crippen molar-refractivity contribution in [1.29, 1.82) is 0 Å². The van der Waals surface area contributed by atoms with Gasteiger partial charge in [-0.3, -0.25) is 14.4 Å². The van der Waals surface area contributed by atoms with Gasteiger partial charge in [0.1, 0.15) is 18.7 Å². The molecular formula is C28H41N3O4. The molecule has 1 aromatic carbocycles. The Morgan fingerprint density at radius 1 is 1.09 bits per heavy atom. The second kappa shape index (κ2) is 10.8. The van der Waals surface area contributed by atoms with Crippen molar-refractivity contribution in [3.63, 3.8) is 0 Å². The van der Waals surface area contributed by atoms with Gasteiger partial charge in [0.25, 0.3) is 5.91 Å². The Morgan fingerprint density at radius 3 is 2.40 bits per heavy atom. The number of hydrogen-bond donors (Lipinski definition) is 1. The summed E-state index contributed by atoms with van der Waals surface area (Å²) in [5.74, 6) is 0.0549. The standard InChI is InChI=1S/C28H41N3O4/c1-5-13-30-14-10-20(11-15-30)19-6-8-21(9-7-19)26(33)29-22(17-28(2,3)4)27(34)31-16-12-24-25(31)23(32)18-35-24/h6-9,20,22,24-25H,5,10-18H2,1-4H3,(H,29,33)/t22?,24-,25-/m1/s1. The second-order valence-electron chi connectivity index (χ2n) is 11.6. The zero-order chi connectivity index (χ0) is 25.2. The largest absolute Gasteiger partial charge is 0.368 e. The first-order valence-electron chi connectivity index (χ1n) is 13.2. The van der Waals surface area contributed by atoms with Crippen molar-refractivity contribution in [3.8, 4) is 0 Å². The predicted molar refractivity (Wildman–Crippen MR) is 135 cm³/mol. The van der Waals surface area contributed by atoms with Crippen molar-refractivity contribution >= 4 is 17.6 Å². The minimum Gasteiger partial charge on any atom is -0.368 e. The number of hydrogen-bond acceptors (Lipinski definition) is 5. The summed E-state index contributed by atoms with van der Waals surface area (Å²) in [4.78, 5) is 43.2. The van der Waals surface area contributed by atoms with Crippen LogP contribution >= 0.6 is 0 Å². The number of likely N-dealkylation sites (tertiary alicyclic amines) is 2. The highest BCUT2D eigenvalue weighted by Crippen LogP contribution is 2.30. The van der Waals surface area contributed by atoms with Gasteiger partial charge in [0.15, 0.2) is 5.78 Å². The highest BCUT2D eigenvalue weighted by atomic mass is 16.5. The van der Waals surface area contributed by atoms with Crippen LogP contribution in [0.5, 0.6) is 0 Å². The molecule has 192 valence electrons. The number of carbonyl (C=O) groups is 3. The zero-order valence-corrected chi connectivity index (χ0v) is 21.7. The smallest absolute Gasteiger partial charge is 0.251 e. The van der Waals surface area contributed by atoms with E-state index in [0.717, 1.165) is 25.9 Å².